The van der Waals surface area contributed by atoms with Crippen molar-refractivity contribution >= 4 is 18.6 Å². The number of rotatable bonds is 2. The molecule has 1 saturated carbocycles. The summed E-state index contributed by atoms with van der Waals surface area (Å²) in [6, 6.07) is 6.62. The molecular weight excluding hydrogens is 250 g/mol. The van der Waals surface area contributed by atoms with Crippen LogP contribution in [-0.2, 0) is 0 Å². The van der Waals surface area contributed by atoms with Gasteiger partial charge in [0.1, 0.15) is 0 Å². The van der Waals surface area contributed by atoms with Gasteiger partial charge in [0.25, 0.3) is 0 Å². The van der Waals surface area contributed by atoms with Crippen molar-refractivity contribution in [2.75, 3.05) is 0 Å². The molecule has 0 saturated heterocycles. The zero-order valence-electron chi connectivity index (χ0n) is 8.26. The third-order valence-electron chi connectivity index (χ3n) is 2.62. The number of benzene rings is 1. The van der Waals surface area contributed by atoms with E-state index in [0.29, 0.717) is 5.02 Å². The summed E-state index contributed by atoms with van der Waals surface area (Å²) in [4.78, 5) is 0. The minimum absolute atomic E-state index is 0. The van der Waals surface area contributed by atoms with Gasteiger partial charge in [-0.25, -0.2) is 0 Å². The summed E-state index contributed by atoms with van der Waals surface area (Å²) in [6.07, 6.45) is 0.241. The second-order valence-electron chi connectivity index (χ2n) is 3.68. The maximum Gasteiger partial charge on any atom is 1.00 e. The van der Waals surface area contributed by atoms with Crippen molar-refractivity contribution in [3.05, 3.63) is 34.9 Å². The minimum atomic E-state index is -4.67. The normalized spacial score (nSPS) is 24.5. The Kier molecular flexibility index (Phi) is 4.79. The van der Waals surface area contributed by atoms with Crippen LogP contribution in [0.4, 0.5) is 12.9 Å². The molecule has 15 heavy (non-hydrogen) atoms. The van der Waals surface area contributed by atoms with Gasteiger partial charge in [-0.1, -0.05) is 36.0 Å². The molecule has 0 aliphatic heterocycles. The van der Waals surface area contributed by atoms with Gasteiger partial charge in [-0.05, 0) is 23.6 Å². The summed E-state index contributed by atoms with van der Waals surface area (Å²) >= 11 is 5.64. The predicted molar refractivity (Wildman–Crippen MR) is 51.6 cm³/mol. The predicted octanol–water partition coefficient (Wildman–Crippen LogP) is 1.05. The van der Waals surface area contributed by atoms with Gasteiger partial charge < -0.3 is 12.9 Å². The largest absolute Gasteiger partial charge is 1.00 e. The molecule has 76 valence electrons. The SMILES string of the molecule is F[B-](F)(F)[C@@H]1C[C@H]1c1ccc(Cl)cc1.[K+]. The van der Waals surface area contributed by atoms with Crippen molar-refractivity contribution in [1.82, 2.24) is 0 Å². The van der Waals surface area contributed by atoms with Crippen molar-refractivity contribution in [2.24, 2.45) is 0 Å². The molecule has 2 atom stereocenters. The monoisotopic (exact) mass is 258 g/mol. The molecule has 1 aromatic carbocycles. The summed E-state index contributed by atoms with van der Waals surface area (Å²) in [5.74, 6) is -1.41. The fourth-order valence-electron chi connectivity index (χ4n) is 1.73. The van der Waals surface area contributed by atoms with Crippen molar-refractivity contribution < 1.29 is 64.3 Å². The van der Waals surface area contributed by atoms with E-state index in [4.69, 9.17) is 11.6 Å². The van der Waals surface area contributed by atoms with E-state index in [1.807, 2.05) is 0 Å². The van der Waals surface area contributed by atoms with Gasteiger partial charge >= 0.3 is 58.4 Å². The molecule has 0 aromatic heterocycles. The second-order valence-corrected chi connectivity index (χ2v) is 4.12. The molecular formula is C9H8BClF3K. The van der Waals surface area contributed by atoms with E-state index in [2.05, 4.69) is 0 Å². The molecule has 0 bridgehead atoms. The fourth-order valence-corrected chi connectivity index (χ4v) is 1.85. The van der Waals surface area contributed by atoms with Gasteiger partial charge in [-0.3, -0.25) is 0 Å². The molecule has 2 rings (SSSR count). The maximum absolute atomic E-state index is 12.3. The van der Waals surface area contributed by atoms with E-state index in [9.17, 15) is 12.9 Å². The third kappa shape index (κ3) is 3.48. The first-order valence-electron chi connectivity index (χ1n) is 4.44. The van der Waals surface area contributed by atoms with Crippen molar-refractivity contribution in [2.45, 2.75) is 18.2 Å². The molecule has 0 amide bonds. The molecule has 0 heterocycles. The number of hydrogen-bond donors (Lipinski definition) is 0. The smallest absolute Gasteiger partial charge is 0.449 e. The van der Waals surface area contributed by atoms with Gasteiger partial charge in [0.15, 0.2) is 0 Å². The van der Waals surface area contributed by atoms with Crippen LogP contribution in [0.25, 0.3) is 0 Å². The Morgan fingerprint density at radius 1 is 1.13 bits per heavy atom. The molecule has 0 N–H and O–H groups in total. The molecule has 1 aromatic rings. The standard InChI is InChI=1S/C9H8BClF3.K/c11-7-3-1-6(2-4-7)8-5-9(8)10(12,13)14;/h1-4,8-9H,5H2;/q-1;+1/t8-,9+;/m0./s1. The topological polar surface area (TPSA) is 0 Å². The van der Waals surface area contributed by atoms with Crippen molar-refractivity contribution in [3.63, 3.8) is 0 Å². The first-order chi connectivity index (χ1) is 6.48. The van der Waals surface area contributed by atoms with Crippen LogP contribution in [0.1, 0.15) is 17.9 Å². The zero-order chi connectivity index (χ0) is 10.3. The van der Waals surface area contributed by atoms with Crippen LogP contribution in [0.2, 0.25) is 10.8 Å². The van der Waals surface area contributed by atoms with Crippen molar-refractivity contribution in [1.29, 1.82) is 0 Å². The quantitative estimate of drug-likeness (QED) is 0.696. The molecule has 1 aliphatic rings. The van der Waals surface area contributed by atoms with Gasteiger partial charge in [-0.2, -0.15) is 0 Å². The molecule has 0 spiro atoms. The average Bonchev–Trinajstić information content (AvgIpc) is 2.83. The molecule has 1 fully saturated rings. The van der Waals surface area contributed by atoms with Gasteiger partial charge in [-0.15, -0.1) is 0 Å². The van der Waals surface area contributed by atoms with Crippen LogP contribution in [-0.4, -0.2) is 6.98 Å². The molecule has 0 unspecified atom stereocenters. The van der Waals surface area contributed by atoms with Crippen LogP contribution in [0.5, 0.6) is 0 Å². The molecule has 1 aliphatic carbocycles. The Labute approximate surface area is 134 Å². The molecule has 6 heteroatoms. The molecule has 0 nitrogen and oxygen atoms in total. The van der Waals surface area contributed by atoms with Gasteiger partial charge in [0.2, 0.25) is 0 Å². The van der Waals surface area contributed by atoms with Gasteiger partial charge in [0.05, 0.1) is 0 Å². The van der Waals surface area contributed by atoms with Crippen LogP contribution in [0.15, 0.2) is 24.3 Å². The average molecular weight is 259 g/mol. The third-order valence-corrected chi connectivity index (χ3v) is 2.88. The zero-order valence-corrected chi connectivity index (χ0v) is 12.1. The van der Waals surface area contributed by atoms with Gasteiger partial charge in [0, 0.05) is 5.02 Å². The summed E-state index contributed by atoms with van der Waals surface area (Å²) < 4.78 is 36.9. The Morgan fingerprint density at radius 2 is 1.67 bits per heavy atom. The number of halogens is 4. The van der Waals surface area contributed by atoms with E-state index in [0.717, 1.165) is 5.56 Å². The summed E-state index contributed by atoms with van der Waals surface area (Å²) in [5, 5.41) is 0.559. The Balaban J connectivity index is 0.00000112. The Hall–Kier alpha value is 1.00. The van der Waals surface area contributed by atoms with Crippen molar-refractivity contribution in [3.8, 4) is 0 Å². The summed E-state index contributed by atoms with van der Waals surface area (Å²) in [6.45, 7) is -4.67. The van der Waals surface area contributed by atoms with E-state index in [1.54, 1.807) is 24.3 Å². The van der Waals surface area contributed by atoms with E-state index >= 15 is 0 Å². The van der Waals surface area contributed by atoms with Crippen LogP contribution in [0.3, 0.4) is 0 Å². The minimum Gasteiger partial charge on any atom is -0.449 e. The second kappa shape index (κ2) is 5.11. The van der Waals surface area contributed by atoms with E-state index in [1.165, 1.54) is 0 Å². The summed E-state index contributed by atoms with van der Waals surface area (Å²) in [5.41, 5.74) is 0.749. The van der Waals surface area contributed by atoms with Crippen LogP contribution < -0.4 is 51.4 Å². The first kappa shape index (κ1) is 14.1. The fraction of sp³-hybridized carbons (Fsp3) is 0.333. The molecule has 0 radical (unpaired) electrons. The van der Waals surface area contributed by atoms with Crippen LogP contribution in [0, 0.1) is 0 Å². The van der Waals surface area contributed by atoms with Crippen LogP contribution >= 0.6 is 11.6 Å². The Morgan fingerprint density at radius 3 is 2.07 bits per heavy atom. The first-order valence-corrected chi connectivity index (χ1v) is 4.81. The Bertz CT molecular complexity index is 338. The number of hydrogen-bond acceptors (Lipinski definition) is 0. The maximum atomic E-state index is 12.3. The van der Waals surface area contributed by atoms with E-state index < -0.39 is 12.8 Å². The summed E-state index contributed by atoms with van der Waals surface area (Å²) in [7, 11) is 0. The van der Waals surface area contributed by atoms with E-state index in [-0.39, 0.29) is 63.7 Å².